The van der Waals surface area contributed by atoms with Crippen LogP contribution in [0.2, 0.25) is 0 Å². The Morgan fingerprint density at radius 1 is 1.35 bits per heavy atom. The highest BCUT2D eigenvalue weighted by atomic mass is 79.9. The Morgan fingerprint density at radius 2 is 2.18 bits per heavy atom. The zero-order valence-corrected chi connectivity index (χ0v) is 10.9. The number of hydrogen-bond acceptors (Lipinski definition) is 3. The lowest BCUT2D eigenvalue weighted by molar-refractivity contribution is 0.281. The first-order chi connectivity index (χ1) is 8.19. The predicted molar refractivity (Wildman–Crippen MR) is 69.1 cm³/mol. The minimum atomic E-state index is -0.00892. The quantitative estimate of drug-likeness (QED) is 0.943. The van der Waals surface area contributed by atoms with Gasteiger partial charge in [-0.15, -0.1) is 0 Å². The first-order valence-corrected chi connectivity index (χ1v) is 5.98. The Labute approximate surface area is 108 Å². The minimum absolute atomic E-state index is 0.00892. The molecule has 0 radical (unpaired) electrons. The van der Waals surface area contributed by atoms with Crippen molar-refractivity contribution in [2.45, 2.75) is 13.5 Å². The highest BCUT2D eigenvalue weighted by molar-refractivity contribution is 9.10. The molecule has 3 nitrogen and oxygen atoms in total. The van der Waals surface area contributed by atoms with Gasteiger partial charge in [0.2, 0.25) is 5.88 Å². The zero-order chi connectivity index (χ0) is 12.3. The summed E-state index contributed by atoms with van der Waals surface area (Å²) in [5.41, 5.74) is 1.68. The number of ether oxygens (including phenoxy) is 1. The lowest BCUT2D eigenvalue weighted by Crippen LogP contribution is -1.94. The van der Waals surface area contributed by atoms with Gasteiger partial charge in [-0.3, -0.25) is 0 Å². The average molecular weight is 294 g/mol. The van der Waals surface area contributed by atoms with Gasteiger partial charge in [0, 0.05) is 16.2 Å². The maximum absolute atomic E-state index is 8.99. The van der Waals surface area contributed by atoms with E-state index in [1.165, 1.54) is 0 Å². The number of benzene rings is 1. The van der Waals surface area contributed by atoms with Crippen LogP contribution in [0.25, 0.3) is 0 Å². The summed E-state index contributed by atoms with van der Waals surface area (Å²) in [4.78, 5) is 4.18. The molecule has 0 saturated carbocycles. The van der Waals surface area contributed by atoms with Crippen molar-refractivity contribution in [2.24, 2.45) is 0 Å². The molecule has 4 heteroatoms. The number of halogens is 1. The van der Waals surface area contributed by atoms with E-state index in [9.17, 15) is 0 Å². The number of pyridine rings is 1. The Hall–Kier alpha value is -1.39. The summed E-state index contributed by atoms with van der Waals surface area (Å²) in [6.45, 7) is 1.89. The summed E-state index contributed by atoms with van der Waals surface area (Å²) in [5, 5.41) is 8.99. The highest BCUT2D eigenvalue weighted by Gasteiger charge is 2.04. The van der Waals surface area contributed by atoms with E-state index in [-0.39, 0.29) is 6.61 Å². The van der Waals surface area contributed by atoms with Gasteiger partial charge in [0.25, 0.3) is 0 Å². The van der Waals surface area contributed by atoms with Gasteiger partial charge >= 0.3 is 0 Å². The lowest BCUT2D eigenvalue weighted by Gasteiger charge is -2.08. The third-order valence-electron chi connectivity index (χ3n) is 2.28. The monoisotopic (exact) mass is 293 g/mol. The fourth-order valence-electron chi connectivity index (χ4n) is 1.46. The number of aliphatic hydroxyl groups is 1. The molecule has 2 aromatic rings. The SMILES string of the molecule is Cc1cc(CO)cnc1Oc1cccc(Br)c1. The molecule has 88 valence electrons. The molecule has 1 heterocycles. The molecule has 0 aliphatic carbocycles. The molecule has 0 fully saturated rings. The Bertz CT molecular complexity index is 529. The van der Waals surface area contributed by atoms with Crippen LogP contribution in [-0.4, -0.2) is 10.1 Å². The van der Waals surface area contributed by atoms with Gasteiger partial charge in [-0.25, -0.2) is 4.98 Å². The molecule has 1 aromatic heterocycles. The third-order valence-corrected chi connectivity index (χ3v) is 2.77. The lowest BCUT2D eigenvalue weighted by atomic mass is 10.2. The van der Waals surface area contributed by atoms with E-state index in [2.05, 4.69) is 20.9 Å². The Balaban J connectivity index is 2.24. The second-order valence-electron chi connectivity index (χ2n) is 3.68. The van der Waals surface area contributed by atoms with Crippen molar-refractivity contribution in [3.8, 4) is 11.6 Å². The smallest absolute Gasteiger partial charge is 0.222 e. The van der Waals surface area contributed by atoms with E-state index in [0.29, 0.717) is 5.88 Å². The van der Waals surface area contributed by atoms with Crippen molar-refractivity contribution >= 4 is 15.9 Å². The molecule has 2 rings (SSSR count). The maximum atomic E-state index is 8.99. The van der Waals surface area contributed by atoms with E-state index in [1.807, 2.05) is 37.3 Å². The van der Waals surface area contributed by atoms with E-state index >= 15 is 0 Å². The number of aliphatic hydroxyl groups excluding tert-OH is 1. The molecular weight excluding hydrogens is 282 g/mol. The predicted octanol–water partition coefficient (Wildman–Crippen LogP) is 3.44. The summed E-state index contributed by atoms with van der Waals surface area (Å²) >= 11 is 3.38. The van der Waals surface area contributed by atoms with Crippen molar-refractivity contribution in [1.82, 2.24) is 4.98 Å². The van der Waals surface area contributed by atoms with Crippen LogP contribution in [0.3, 0.4) is 0 Å². The summed E-state index contributed by atoms with van der Waals surface area (Å²) in [7, 11) is 0. The molecule has 1 N–H and O–H groups in total. The van der Waals surface area contributed by atoms with E-state index < -0.39 is 0 Å². The van der Waals surface area contributed by atoms with E-state index in [1.54, 1.807) is 6.20 Å². The molecule has 17 heavy (non-hydrogen) atoms. The van der Waals surface area contributed by atoms with E-state index in [4.69, 9.17) is 9.84 Å². The van der Waals surface area contributed by atoms with Crippen LogP contribution in [0.15, 0.2) is 41.0 Å². The standard InChI is InChI=1S/C13H12BrNO2/c1-9-5-10(8-16)7-15-13(9)17-12-4-2-3-11(14)6-12/h2-7,16H,8H2,1H3. The molecule has 0 bridgehead atoms. The largest absolute Gasteiger partial charge is 0.439 e. The molecule has 0 atom stereocenters. The van der Waals surface area contributed by atoms with Crippen LogP contribution in [0.4, 0.5) is 0 Å². The molecule has 0 amide bonds. The Morgan fingerprint density at radius 3 is 2.82 bits per heavy atom. The van der Waals surface area contributed by atoms with Gasteiger partial charge in [0.15, 0.2) is 0 Å². The summed E-state index contributed by atoms with van der Waals surface area (Å²) in [6.07, 6.45) is 1.61. The third kappa shape index (κ3) is 3.05. The number of rotatable bonds is 3. The van der Waals surface area contributed by atoms with Crippen molar-refractivity contribution in [2.75, 3.05) is 0 Å². The van der Waals surface area contributed by atoms with Crippen LogP contribution in [0.1, 0.15) is 11.1 Å². The number of nitrogens with zero attached hydrogens (tertiary/aromatic N) is 1. The number of aryl methyl sites for hydroxylation is 1. The Kier molecular flexibility index (Phi) is 3.76. The maximum Gasteiger partial charge on any atom is 0.222 e. The fourth-order valence-corrected chi connectivity index (χ4v) is 1.83. The molecule has 0 saturated heterocycles. The summed E-state index contributed by atoms with van der Waals surface area (Å²) in [6, 6.07) is 9.44. The van der Waals surface area contributed by atoms with Gasteiger partial charge in [0.05, 0.1) is 6.61 Å². The topological polar surface area (TPSA) is 42.4 Å². The first-order valence-electron chi connectivity index (χ1n) is 5.19. The van der Waals surface area contributed by atoms with Gasteiger partial charge in [-0.05, 0) is 36.8 Å². The summed E-state index contributed by atoms with van der Waals surface area (Å²) < 4.78 is 6.62. The van der Waals surface area contributed by atoms with Crippen LogP contribution in [0.5, 0.6) is 11.6 Å². The molecular formula is C13H12BrNO2. The highest BCUT2D eigenvalue weighted by Crippen LogP contribution is 2.25. The van der Waals surface area contributed by atoms with Crippen LogP contribution < -0.4 is 4.74 Å². The second-order valence-corrected chi connectivity index (χ2v) is 4.60. The van der Waals surface area contributed by atoms with Crippen LogP contribution in [-0.2, 0) is 6.61 Å². The normalized spacial score (nSPS) is 10.3. The zero-order valence-electron chi connectivity index (χ0n) is 9.35. The molecule has 0 unspecified atom stereocenters. The minimum Gasteiger partial charge on any atom is -0.439 e. The first kappa shape index (κ1) is 12.1. The number of aromatic nitrogens is 1. The summed E-state index contributed by atoms with van der Waals surface area (Å²) in [5.74, 6) is 1.28. The van der Waals surface area contributed by atoms with Gasteiger partial charge in [-0.1, -0.05) is 22.0 Å². The van der Waals surface area contributed by atoms with E-state index in [0.717, 1.165) is 21.3 Å². The van der Waals surface area contributed by atoms with Gasteiger partial charge in [0.1, 0.15) is 5.75 Å². The molecule has 0 aliphatic heterocycles. The van der Waals surface area contributed by atoms with Crippen molar-refractivity contribution in [1.29, 1.82) is 0 Å². The van der Waals surface area contributed by atoms with Crippen LogP contribution >= 0.6 is 15.9 Å². The molecule has 0 aliphatic rings. The number of hydrogen-bond donors (Lipinski definition) is 1. The van der Waals surface area contributed by atoms with Gasteiger partial charge in [-0.2, -0.15) is 0 Å². The molecule has 0 spiro atoms. The van der Waals surface area contributed by atoms with Crippen molar-refractivity contribution in [3.63, 3.8) is 0 Å². The fraction of sp³-hybridized carbons (Fsp3) is 0.154. The van der Waals surface area contributed by atoms with Crippen LogP contribution in [0, 0.1) is 6.92 Å². The average Bonchev–Trinajstić information content (AvgIpc) is 2.32. The second kappa shape index (κ2) is 5.29. The van der Waals surface area contributed by atoms with Crippen molar-refractivity contribution in [3.05, 3.63) is 52.1 Å². The molecule has 1 aromatic carbocycles. The van der Waals surface area contributed by atoms with Gasteiger partial charge < -0.3 is 9.84 Å². The van der Waals surface area contributed by atoms with Crippen molar-refractivity contribution < 1.29 is 9.84 Å².